The Bertz CT molecular complexity index is 558. The minimum atomic E-state index is -0.579. The van der Waals surface area contributed by atoms with Gasteiger partial charge in [-0.15, -0.1) is 0 Å². The number of aryl methyl sites for hydroxylation is 3. The Kier molecular flexibility index (Phi) is 3.56. The summed E-state index contributed by atoms with van der Waals surface area (Å²) in [5.74, 6) is -0.231. The molecular weight excluding hydrogens is 262 g/mol. The molecule has 2 aliphatic rings. The van der Waals surface area contributed by atoms with Crippen molar-refractivity contribution in [1.29, 1.82) is 0 Å². The lowest BCUT2D eigenvalue weighted by Crippen LogP contribution is -2.35. The van der Waals surface area contributed by atoms with Crippen molar-refractivity contribution in [3.8, 4) is 0 Å². The number of likely N-dealkylation sites (tertiary alicyclic amines) is 1. The smallest absolute Gasteiger partial charge is 0.311 e. The molecule has 2 fully saturated rings. The van der Waals surface area contributed by atoms with E-state index in [9.17, 15) is 9.90 Å². The van der Waals surface area contributed by atoms with E-state index in [-0.39, 0.29) is 0 Å². The van der Waals surface area contributed by atoms with Crippen LogP contribution in [0.4, 0.5) is 0 Å². The fourth-order valence-electron chi connectivity index (χ4n) is 4.55. The van der Waals surface area contributed by atoms with Crippen LogP contribution in [0.5, 0.6) is 0 Å². The number of aliphatic carboxylic acids is 1. The average molecular weight is 287 g/mol. The first-order valence-corrected chi connectivity index (χ1v) is 7.95. The number of fused-ring (bicyclic) bond motifs is 1. The minimum absolute atomic E-state index is 0.348. The van der Waals surface area contributed by atoms with Crippen LogP contribution in [0.1, 0.15) is 41.5 Å². The molecule has 1 aromatic rings. The fraction of sp³-hybridized carbons (Fsp3) is 0.611. The number of carboxylic acids is 1. The molecule has 1 aliphatic heterocycles. The van der Waals surface area contributed by atoms with Crippen molar-refractivity contribution in [1.82, 2.24) is 4.90 Å². The molecule has 114 valence electrons. The summed E-state index contributed by atoms with van der Waals surface area (Å²) in [5.41, 5.74) is 4.87. The zero-order valence-corrected chi connectivity index (χ0v) is 13.3. The van der Waals surface area contributed by atoms with E-state index in [1.54, 1.807) is 0 Å². The SMILES string of the molecule is Cc1cc(C)c(CN2C[C@@H]3CCC[C@@]3(C(=O)O)C2)c(C)c1. The maximum atomic E-state index is 11.8. The van der Waals surface area contributed by atoms with Crippen LogP contribution < -0.4 is 0 Å². The maximum Gasteiger partial charge on any atom is 0.311 e. The van der Waals surface area contributed by atoms with Crippen LogP contribution in [0.15, 0.2) is 12.1 Å². The van der Waals surface area contributed by atoms with Gasteiger partial charge in [0.2, 0.25) is 0 Å². The second-order valence-corrected chi connectivity index (χ2v) is 7.10. The summed E-state index contributed by atoms with van der Waals surface area (Å²) in [5, 5.41) is 9.68. The topological polar surface area (TPSA) is 40.5 Å². The molecule has 0 bridgehead atoms. The lowest BCUT2D eigenvalue weighted by Gasteiger charge is -2.24. The van der Waals surface area contributed by atoms with Gasteiger partial charge in [0.05, 0.1) is 5.41 Å². The Morgan fingerprint density at radius 2 is 2.00 bits per heavy atom. The average Bonchev–Trinajstić information content (AvgIpc) is 2.90. The third-order valence-electron chi connectivity index (χ3n) is 5.59. The Labute approximate surface area is 127 Å². The van der Waals surface area contributed by atoms with Gasteiger partial charge in [0, 0.05) is 19.6 Å². The van der Waals surface area contributed by atoms with Crippen LogP contribution in [0, 0.1) is 32.1 Å². The minimum Gasteiger partial charge on any atom is -0.481 e. The van der Waals surface area contributed by atoms with E-state index in [1.165, 1.54) is 22.3 Å². The van der Waals surface area contributed by atoms with Gasteiger partial charge in [-0.3, -0.25) is 9.69 Å². The van der Waals surface area contributed by atoms with Crippen molar-refractivity contribution in [2.24, 2.45) is 11.3 Å². The molecule has 1 aliphatic carbocycles. The second kappa shape index (κ2) is 5.13. The number of rotatable bonds is 3. The van der Waals surface area contributed by atoms with Crippen molar-refractivity contribution in [2.75, 3.05) is 13.1 Å². The van der Waals surface area contributed by atoms with Crippen molar-refractivity contribution < 1.29 is 9.90 Å². The standard InChI is InChI=1S/C18H25NO2/c1-12-7-13(2)16(14(3)8-12)10-19-9-15-5-4-6-18(15,11-19)17(20)21/h7-8,15H,4-6,9-11H2,1-3H3,(H,20,21)/t15-,18+/m0/s1. The molecule has 0 radical (unpaired) electrons. The summed E-state index contributed by atoms with van der Waals surface area (Å²) in [4.78, 5) is 14.1. The van der Waals surface area contributed by atoms with Gasteiger partial charge in [-0.25, -0.2) is 0 Å². The van der Waals surface area contributed by atoms with Gasteiger partial charge in [-0.05, 0) is 56.2 Å². The summed E-state index contributed by atoms with van der Waals surface area (Å²) in [6.45, 7) is 9.02. The number of carbonyl (C=O) groups is 1. The molecule has 1 aromatic carbocycles. The first-order chi connectivity index (χ1) is 9.92. The van der Waals surface area contributed by atoms with E-state index >= 15 is 0 Å². The summed E-state index contributed by atoms with van der Waals surface area (Å²) in [7, 11) is 0. The predicted octanol–water partition coefficient (Wildman–Crippen LogP) is 3.30. The van der Waals surface area contributed by atoms with Crippen molar-refractivity contribution >= 4 is 5.97 Å². The van der Waals surface area contributed by atoms with E-state index in [1.807, 2.05) is 0 Å². The number of benzene rings is 1. The summed E-state index contributed by atoms with van der Waals surface area (Å²) >= 11 is 0. The van der Waals surface area contributed by atoms with Gasteiger partial charge >= 0.3 is 5.97 Å². The highest BCUT2D eigenvalue weighted by Gasteiger charge is 2.54. The van der Waals surface area contributed by atoms with Gasteiger partial charge in [0.25, 0.3) is 0 Å². The van der Waals surface area contributed by atoms with Crippen molar-refractivity contribution in [2.45, 2.75) is 46.6 Å². The van der Waals surface area contributed by atoms with Gasteiger partial charge in [-0.1, -0.05) is 24.1 Å². The van der Waals surface area contributed by atoms with Crippen LogP contribution >= 0.6 is 0 Å². The molecule has 0 amide bonds. The molecule has 0 spiro atoms. The highest BCUT2D eigenvalue weighted by atomic mass is 16.4. The van der Waals surface area contributed by atoms with E-state index < -0.39 is 11.4 Å². The molecule has 2 atom stereocenters. The zero-order valence-electron chi connectivity index (χ0n) is 13.3. The van der Waals surface area contributed by atoms with Crippen LogP contribution in [-0.2, 0) is 11.3 Å². The van der Waals surface area contributed by atoms with Crippen LogP contribution in [0.25, 0.3) is 0 Å². The van der Waals surface area contributed by atoms with Crippen molar-refractivity contribution in [3.05, 3.63) is 34.4 Å². The summed E-state index contributed by atoms with van der Waals surface area (Å²) in [6, 6.07) is 4.46. The number of hydrogen-bond acceptors (Lipinski definition) is 2. The molecule has 3 rings (SSSR count). The first kappa shape index (κ1) is 14.6. The molecule has 21 heavy (non-hydrogen) atoms. The quantitative estimate of drug-likeness (QED) is 0.927. The molecule has 1 heterocycles. The van der Waals surface area contributed by atoms with E-state index in [0.29, 0.717) is 5.92 Å². The van der Waals surface area contributed by atoms with Crippen LogP contribution in [0.3, 0.4) is 0 Å². The Morgan fingerprint density at radius 3 is 2.57 bits per heavy atom. The van der Waals surface area contributed by atoms with Crippen LogP contribution in [0.2, 0.25) is 0 Å². The van der Waals surface area contributed by atoms with E-state index in [0.717, 1.165) is 38.9 Å². The second-order valence-electron chi connectivity index (χ2n) is 7.10. The lowest BCUT2D eigenvalue weighted by atomic mass is 9.81. The summed E-state index contributed by atoms with van der Waals surface area (Å²) < 4.78 is 0. The van der Waals surface area contributed by atoms with Crippen molar-refractivity contribution in [3.63, 3.8) is 0 Å². The molecule has 1 N–H and O–H groups in total. The monoisotopic (exact) mass is 287 g/mol. The largest absolute Gasteiger partial charge is 0.481 e. The third kappa shape index (κ3) is 2.38. The molecule has 1 saturated heterocycles. The number of nitrogens with zero attached hydrogens (tertiary/aromatic N) is 1. The third-order valence-corrected chi connectivity index (χ3v) is 5.59. The van der Waals surface area contributed by atoms with E-state index in [4.69, 9.17) is 0 Å². The van der Waals surface area contributed by atoms with Gasteiger partial charge in [0.1, 0.15) is 0 Å². The highest BCUT2D eigenvalue weighted by Crippen LogP contribution is 2.49. The first-order valence-electron chi connectivity index (χ1n) is 7.95. The summed E-state index contributed by atoms with van der Waals surface area (Å²) in [6.07, 6.45) is 3.01. The van der Waals surface area contributed by atoms with E-state index in [2.05, 4.69) is 37.8 Å². The van der Waals surface area contributed by atoms with Crippen LogP contribution in [-0.4, -0.2) is 29.1 Å². The molecular formula is C18H25NO2. The highest BCUT2D eigenvalue weighted by molar-refractivity contribution is 5.76. The fourth-order valence-corrected chi connectivity index (χ4v) is 4.55. The molecule has 1 saturated carbocycles. The molecule has 0 unspecified atom stereocenters. The van der Waals surface area contributed by atoms with Gasteiger partial charge < -0.3 is 5.11 Å². The number of hydrogen-bond donors (Lipinski definition) is 1. The lowest BCUT2D eigenvalue weighted by molar-refractivity contribution is -0.149. The maximum absolute atomic E-state index is 11.8. The number of carboxylic acid groups (broad SMARTS) is 1. The molecule has 3 heteroatoms. The Hall–Kier alpha value is -1.35. The predicted molar refractivity (Wildman–Crippen MR) is 83.3 cm³/mol. The Morgan fingerprint density at radius 1 is 1.33 bits per heavy atom. The molecule has 3 nitrogen and oxygen atoms in total. The van der Waals surface area contributed by atoms with Gasteiger partial charge in [-0.2, -0.15) is 0 Å². The van der Waals surface area contributed by atoms with Gasteiger partial charge in [0.15, 0.2) is 0 Å². The Balaban J connectivity index is 1.81. The normalized spacial score (nSPS) is 28.8. The zero-order chi connectivity index (χ0) is 15.2. The molecule has 0 aromatic heterocycles.